The second kappa shape index (κ2) is 4.76. The van der Waals surface area contributed by atoms with Crippen LogP contribution in [0.5, 0.6) is 0 Å². The first-order valence-electron chi connectivity index (χ1n) is 6.27. The van der Waals surface area contributed by atoms with Crippen LogP contribution in [0.2, 0.25) is 0 Å². The van der Waals surface area contributed by atoms with Gasteiger partial charge in [0.1, 0.15) is 5.82 Å². The van der Waals surface area contributed by atoms with Gasteiger partial charge in [-0.3, -0.25) is 9.97 Å². The molecule has 0 saturated carbocycles. The Morgan fingerprint density at radius 2 is 2.05 bits per heavy atom. The molecule has 3 heteroatoms. The summed E-state index contributed by atoms with van der Waals surface area (Å²) in [5.41, 5.74) is 3.96. The third-order valence-corrected chi connectivity index (χ3v) is 3.24. The van der Waals surface area contributed by atoms with Crippen LogP contribution in [0.15, 0.2) is 48.9 Å². The lowest BCUT2D eigenvalue weighted by Crippen LogP contribution is -1.93. The molecule has 2 nitrogen and oxygen atoms in total. The summed E-state index contributed by atoms with van der Waals surface area (Å²) in [6.45, 7) is 2.09. The van der Waals surface area contributed by atoms with Gasteiger partial charge >= 0.3 is 0 Å². The highest BCUT2D eigenvalue weighted by molar-refractivity contribution is 5.95. The van der Waals surface area contributed by atoms with Crippen molar-refractivity contribution in [2.24, 2.45) is 0 Å². The number of hydrogen-bond acceptors (Lipinski definition) is 2. The third kappa shape index (κ3) is 2.08. The highest BCUT2D eigenvalue weighted by Gasteiger charge is 2.10. The summed E-state index contributed by atoms with van der Waals surface area (Å²) in [5.74, 6) is -0.263. The lowest BCUT2D eigenvalue weighted by Gasteiger charge is -2.11. The molecule has 0 spiro atoms. The zero-order valence-electron chi connectivity index (χ0n) is 10.6. The second-order valence-electron chi connectivity index (χ2n) is 4.42. The topological polar surface area (TPSA) is 25.8 Å². The monoisotopic (exact) mass is 252 g/mol. The van der Waals surface area contributed by atoms with Crippen LogP contribution >= 0.6 is 0 Å². The van der Waals surface area contributed by atoms with Gasteiger partial charge in [0.25, 0.3) is 0 Å². The van der Waals surface area contributed by atoms with E-state index in [2.05, 4.69) is 16.9 Å². The quantitative estimate of drug-likeness (QED) is 0.689. The molecule has 0 bridgehead atoms. The molecule has 1 aromatic carbocycles. The van der Waals surface area contributed by atoms with Crippen LogP contribution in [0.25, 0.3) is 22.0 Å². The number of aryl methyl sites for hydroxylation is 1. The average Bonchev–Trinajstić information content (AvgIpc) is 2.46. The molecule has 0 N–H and O–H groups in total. The van der Waals surface area contributed by atoms with Gasteiger partial charge in [0.15, 0.2) is 0 Å². The summed E-state index contributed by atoms with van der Waals surface area (Å²) in [4.78, 5) is 8.50. The van der Waals surface area contributed by atoms with Crippen molar-refractivity contribution in [1.29, 1.82) is 0 Å². The van der Waals surface area contributed by atoms with E-state index in [1.807, 2.05) is 24.5 Å². The van der Waals surface area contributed by atoms with Crippen LogP contribution in [-0.2, 0) is 6.42 Å². The molecule has 0 unspecified atom stereocenters. The van der Waals surface area contributed by atoms with E-state index in [9.17, 15) is 4.39 Å². The number of benzene rings is 1. The largest absolute Gasteiger partial charge is 0.264 e. The summed E-state index contributed by atoms with van der Waals surface area (Å²) >= 11 is 0. The maximum atomic E-state index is 13.3. The molecule has 2 aromatic heterocycles. The number of halogens is 1. The Morgan fingerprint density at radius 1 is 1.16 bits per heavy atom. The number of pyridine rings is 2. The van der Waals surface area contributed by atoms with Crippen molar-refractivity contribution in [1.82, 2.24) is 9.97 Å². The predicted molar refractivity (Wildman–Crippen MR) is 74.3 cm³/mol. The minimum atomic E-state index is -0.263. The normalized spacial score (nSPS) is 10.8. The number of nitrogens with zero attached hydrogens (tertiary/aromatic N) is 2. The maximum Gasteiger partial charge on any atom is 0.125 e. The van der Waals surface area contributed by atoms with Crippen LogP contribution < -0.4 is 0 Å². The van der Waals surface area contributed by atoms with E-state index in [0.717, 1.165) is 28.5 Å². The Hall–Kier alpha value is -2.29. The predicted octanol–water partition coefficient (Wildman–Crippen LogP) is 4.00. The summed E-state index contributed by atoms with van der Waals surface area (Å²) in [7, 11) is 0. The SMILES string of the molecule is CCc1cnc2cc(F)ccc2c1-c1cccnc1. The van der Waals surface area contributed by atoms with Crippen LogP contribution in [0.4, 0.5) is 4.39 Å². The van der Waals surface area contributed by atoms with E-state index in [0.29, 0.717) is 5.52 Å². The Labute approximate surface area is 111 Å². The lowest BCUT2D eigenvalue weighted by molar-refractivity contribution is 0.629. The molecule has 0 radical (unpaired) electrons. The van der Waals surface area contributed by atoms with Gasteiger partial charge in [0, 0.05) is 35.6 Å². The zero-order chi connectivity index (χ0) is 13.2. The van der Waals surface area contributed by atoms with Gasteiger partial charge in [0.05, 0.1) is 5.52 Å². The number of aromatic nitrogens is 2. The molecule has 0 saturated heterocycles. The van der Waals surface area contributed by atoms with Gasteiger partial charge in [-0.15, -0.1) is 0 Å². The maximum absolute atomic E-state index is 13.3. The molecular weight excluding hydrogens is 239 g/mol. The molecule has 94 valence electrons. The standard InChI is InChI=1S/C16H13FN2/c1-2-11-10-19-15-8-13(17)5-6-14(15)16(11)12-4-3-7-18-9-12/h3-10H,2H2,1H3. The molecule has 3 rings (SSSR count). The van der Waals surface area contributed by atoms with Crippen LogP contribution in [-0.4, -0.2) is 9.97 Å². The molecule has 0 fully saturated rings. The van der Waals surface area contributed by atoms with Crippen LogP contribution in [0, 0.1) is 5.82 Å². The first-order valence-corrected chi connectivity index (χ1v) is 6.27. The van der Waals surface area contributed by atoms with Gasteiger partial charge in [-0.1, -0.05) is 13.0 Å². The smallest absolute Gasteiger partial charge is 0.125 e. The van der Waals surface area contributed by atoms with E-state index in [1.165, 1.54) is 12.1 Å². The molecule has 0 amide bonds. The molecule has 3 aromatic rings. The highest BCUT2D eigenvalue weighted by Crippen LogP contribution is 2.31. The molecule has 2 heterocycles. The number of fused-ring (bicyclic) bond motifs is 1. The Kier molecular flexibility index (Phi) is 2.95. The van der Waals surface area contributed by atoms with Crippen molar-refractivity contribution >= 4 is 10.9 Å². The average molecular weight is 252 g/mol. The molecule has 0 aliphatic heterocycles. The third-order valence-electron chi connectivity index (χ3n) is 3.24. The van der Waals surface area contributed by atoms with Gasteiger partial charge in [-0.05, 0) is 35.7 Å². The summed E-state index contributed by atoms with van der Waals surface area (Å²) in [6.07, 6.45) is 6.28. The molecule has 19 heavy (non-hydrogen) atoms. The Morgan fingerprint density at radius 3 is 2.79 bits per heavy atom. The minimum Gasteiger partial charge on any atom is -0.264 e. The summed E-state index contributed by atoms with van der Waals surface area (Å²) in [6, 6.07) is 8.66. The van der Waals surface area contributed by atoms with Crippen molar-refractivity contribution in [3.8, 4) is 11.1 Å². The van der Waals surface area contributed by atoms with Gasteiger partial charge in [0.2, 0.25) is 0 Å². The van der Waals surface area contributed by atoms with Gasteiger partial charge in [-0.2, -0.15) is 0 Å². The molecule has 0 aliphatic carbocycles. The first kappa shape index (κ1) is 11.8. The Bertz CT molecular complexity index is 723. The van der Waals surface area contributed by atoms with Crippen molar-refractivity contribution in [2.75, 3.05) is 0 Å². The van der Waals surface area contributed by atoms with Crippen LogP contribution in [0.1, 0.15) is 12.5 Å². The highest BCUT2D eigenvalue weighted by atomic mass is 19.1. The van der Waals surface area contributed by atoms with E-state index >= 15 is 0 Å². The van der Waals surface area contributed by atoms with E-state index < -0.39 is 0 Å². The fourth-order valence-electron chi connectivity index (χ4n) is 2.33. The summed E-state index contributed by atoms with van der Waals surface area (Å²) in [5, 5.41) is 0.966. The van der Waals surface area contributed by atoms with E-state index in [-0.39, 0.29) is 5.82 Å². The Balaban J connectivity index is 2.37. The number of hydrogen-bond donors (Lipinski definition) is 0. The minimum absolute atomic E-state index is 0.263. The first-order chi connectivity index (χ1) is 9.29. The molecular formula is C16H13FN2. The fraction of sp³-hybridized carbons (Fsp3) is 0.125. The van der Waals surface area contributed by atoms with Crippen LogP contribution in [0.3, 0.4) is 0 Å². The lowest BCUT2D eigenvalue weighted by atomic mass is 9.96. The van der Waals surface area contributed by atoms with Crippen molar-refractivity contribution in [3.63, 3.8) is 0 Å². The van der Waals surface area contributed by atoms with Gasteiger partial charge in [-0.25, -0.2) is 4.39 Å². The molecule has 0 aliphatic rings. The number of rotatable bonds is 2. The zero-order valence-corrected chi connectivity index (χ0v) is 10.6. The van der Waals surface area contributed by atoms with Crippen molar-refractivity contribution in [3.05, 3.63) is 60.3 Å². The molecule has 0 atom stereocenters. The van der Waals surface area contributed by atoms with E-state index in [1.54, 1.807) is 12.3 Å². The van der Waals surface area contributed by atoms with E-state index in [4.69, 9.17) is 0 Å². The summed E-state index contributed by atoms with van der Waals surface area (Å²) < 4.78 is 13.3. The second-order valence-corrected chi connectivity index (χ2v) is 4.42. The van der Waals surface area contributed by atoms with Gasteiger partial charge < -0.3 is 0 Å². The fourth-order valence-corrected chi connectivity index (χ4v) is 2.33. The van der Waals surface area contributed by atoms with Crippen molar-refractivity contribution in [2.45, 2.75) is 13.3 Å². The van der Waals surface area contributed by atoms with Crippen molar-refractivity contribution < 1.29 is 4.39 Å².